The number of benzene rings is 2. The van der Waals surface area contributed by atoms with Crippen LogP contribution < -0.4 is 5.73 Å². The Kier molecular flexibility index (Phi) is 2.80. The molecule has 0 atom stereocenters. The van der Waals surface area contributed by atoms with Crippen LogP contribution in [0.25, 0.3) is 10.8 Å². The van der Waals surface area contributed by atoms with Crippen molar-refractivity contribution in [1.82, 2.24) is 0 Å². The summed E-state index contributed by atoms with van der Waals surface area (Å²) in [6.45, 7) is 0. The Balaban J connectivity index is 2.72. The lowest BCUT2D eigenvalue weighted by atomic mass is 10.0. The van der Waals surface area contributed by atoms with Crippen molar-refractivity contribution >= 4 is 28.1 Å². The second-order valence-electron chi connectivity index (χ2n) is 3.18. The quantitative estimate of drug-likeness (QED) is 0.408. The lowest BCUT2D eigenvalue weighted by Gasteiger charge is -2.03. The van der Waals surface area contributed by atoms with Crippen molar-refractivity contribution in [3.63, 3.8) is 0 Å². The van der Waals surface area contributed by atoms with Gasteiger partial charge in [0.25, 0.3) is 0 Å². The second kappa shape index (κ2) is 4.25. The third-order valence-electron chi connectivity index (χ3n) is 2.25. The van der Waals surface area contributed by atoms with Crippen LogP contribution in [0.2, 0.25) is 0 Å². The molecule has 2 N–H and O–H groups in total. The summed E-state index contributed by atoms with van der Waals surface area (Å²) in [7, 11) is 0. The van der Waals surface area contributed by atoms with Crippen LogP contribution in [0.3, 0.4) is 0 Å². The zero-order valence-corrected chi connectivity index (χ0v) is 8.88. The smallest absolute Gasteiger partial charge is 0.0839 e. The third-order valence-corrected chi connectivity index (χ3v) is 2.38. The number of rotatable bonds is 0. The normalized spacial score (nSPS) is 9.67. The highest BCUT2D eigenvalue weighted by atomic mass is 35.5. The highest BCUT2D eigenvalue weighted by Crippen LogP contribution is 2.23. The number of nitrogens with two attached hydrogens (primary N) is 1. The van der Waals surface area contributed by atoms with Crippen molar-refractivity contribution < 1.29 is 0 Å². The number of hydrogen-bond acceptors (Lipinski definition) is 1. The fourth-order valence-corrected chi connectivity index (χ4v) is 1.63. The van der Waals surface area contributed by atoms with Gasteiger partial charge in [-0.15, -0.1) is 11.6 Å². The van der Waals surface area contributed by atoms with Gasteiger partial charge in [-0.1, -0.05) is 36.1 Å². The molecule has 0 unspecified atom stereocenters. The Hall–Kier alpha value is -1.65. The Bertz CT molecular complexity index is 549. The average Bonchev–Trinajstić information content (AvgIpc) is 2.29. The molecule has 0 aliphatic rings. The van der Waals surface area contributed by atoms with E-state index in [0.29, 0.717) is 5.88 Å². The first-order valence-electron chi connectivity index (χ1n) is 4.65. The van der Waals surface area contributed by atoms with Crippen molar-refractivity contribution in [3.8, 4) is 11.8 Å². The minimum absolute atomic E-state index is 0.346. The lowest BCUT2D eigenvalue weighted by Crippen LogP contribution is -1.88. The third kappa shape index (κ3) is 1.91. The molecule has 2 aromatic rings. The van der Waals surface area contributed by atoms with E-state index in [0.717, 1.165) is 22.0 Å². The molecule has 0 heterocycles. The van der Waals surface area contributed by atoms with Crippen LogP contribution in [0, 0.1) is 11.8 Å². The molecule has 0 fully saturated rings. The van der Waals surface area contributed by atoms with E-state index in [1.165, 1.54) is 0 Å². The molecule has 0 saturated carbocycles. The van der Waals surface area contributed by atoms with E-state index in [9.17, 15) is 0 Å². The highest BCUT2D eigenvalue weighted by molar-refractivity contribution is 6.19. The molecule has 0 radical (unpaired) electrons. The van der Waals surface area contributed by atoms with E-state index in [4.69, 9.17) is 17.3 Å². The highest BCUT2D eigenvalue weighted by Gasteiger charge is 2.00. The van der Waals surface area contributed by atoms with E-state index in [-0.39, 0.29) is 0 Å². The van der Waals surface area contributed by atoms with E-state index >= 15 is 0 Å². The van der Waals surface area contributed by atoms with Gasteiger partial charge in [-0.2, -0.15) is 0 Å². The van der Waals surface area contributed by atoms with Crippen LogP contribution in [0.5, 0.6) is 0 Å². The van der Waals surface area contributed by atoms with Crippen LogP contribution >= 0.6 is 11.6 Å². The van der Waals surface area contributed by atoms with Gasteiger partial charge in [0.15, 0.2) is 0 Å². The summed E-state index contributed by atoms with van der Waals surface area (Å²) in [5.74, 6) is 6.22. The van der Waals surface area contributed by atoms with Crippen LogP contribution in [-0.2, 0) is 0 Å². The summed E-state index contributed by atoms with van der Waals surface area (Å²) in [6, 6.07) is 11.8. The predicted octanol–water partition coefficient (Wildman–Crippen LogP) is 3.01. The molecule has 74 valence electrons. The first-order valence-corrected chi connectivity index (χ1v) is 5.18. The van der Waals surface area contributed by atoms with Crippen molar-refractivity contribution in [2.45, 2.75) is 0 Å². The molecule has 1 nitrogen and oxygen atoms in total. The molecule has 0 spiro atoms. The number of anilines is 1. The topological polar surface area (TPSA) is 26.0 Å². The molecule has 2 rings (SSSR count). The molecule has 0 aliphatic heterocycles. The molecular weight excluding hydrogens is 206 g/mol. The Morgan fingerprint density at radius 3 is 2.53 bits per heavy atom. The van der Waals surface area contributed by atoms with Gasteiger partial charge in [0.05, 0.1) is 5.88 Å². The molecule has 2 aromatic carbocycles. The van der Waals surface area contributed by atoms with E-state index in [1.54, 1.807) is 0 Å². The van der Waals surface area contributed by atoms with Crippen molar-refractivity contribution in [2.24, 2.45) is 0 Å². The fourth-order valence-electron chi connectivity index (χ4n) is 1.56. The monoisotopic (exact) mass is 215 g/mol. The van der Waals surface area contributed by atoms with Crippen LogP contribution in [0.15, 0.2) is 36.4 Å². The maximum atomic E-state index is 5.88. The summed E-state index contributed by atoms with van der Waals surface area (Å²) in [4.78, 5) is 0. The van der Waals surface area contributed by atoms with Crippen LogP contribution in [0.1, 0.15) is 5.56 Å². The minimum Gasteiger partial charge on any atom is -0.398 e. The molecule has 2 heteroatoms. The van der Waals surface area contributed by atoms with Gasteiger partial charge in [0, 0.05) is 16.6 Å². The van der Waals surface area contributed by atoms with Crippen LogP contribution in [-0.4, -0.2) is 5.88 Å². The largest absolute Gasteiger partial charge is 0.398 e. The fraction of sp³-hybridized carbons (Fsp3) is 0.0769. The Labute approximate surface area is 93.9 Å². The first kappa shape index (κ1) is 9.89. The number of alkyl halides is 1. The van der Waals surface area contributed by atoms with E-state index < -0.39 is 0 Å². The van der Waals surface area contributed by atoms with Gasteiger partial charge in [0.1, 0.15) is 0 Å². The first-order chi connectivity index (χ1) is 7.33. The molecule has 0 bridgehead atoms. The van der Waals surface area contributed by atoms with Gasteiger partial charge < -0.3 is 5.73 Å². The molecule has 15 heavy (non-hydrogen) atoms. The van der Waals surface area contributed by atoms with Gasteiger partial charge in [-0.25, -0.2) is 0 Å². The van der Waals surface area contributed by atoms with E-state index in [2.05, 4.69) is 11.8 Å². The second-order valence-corrected chi connectivity index (χ2v) is 3.45. The van der Waals surface area contributed by atoms with Gasteiger partial charge in [-0.3, -0.25) is 0 Å². The summed E-state index contributed by atoms with van der Waals surface area (Å²) >= 11 is 5.54. The van der Waals surface area contributed by atoms with Crippen molar-refractivity contribution in [2.75, 3.05) is 11.6 Å². The summed E-state index contributed by atoms with van der Waals surface area (Å²) in [5, 5.41) is 2.12. The Morgan fingerprint density at radius 1 is 1.07 bits per heavy atom. The molecule has 0 saturated heterocycles. The molecular formula is C13H10ClN. The predicted molar refractivity (Wildman–Crippen MR) is 66.0 cm³/mol. The number of hydrogen-bond donors (Lipinski definition) is 1. The molecule has 0 aliphatic carbocycles. The maximum absolute atomic E-state index is 5.88. The minimum atomic E-state index is 0.346. The van der Waals surface area contributed by atoms with E-state index in [1.807, 2.05) is 36.4 Å². The average molecular weight is 216 g/mol. The maximum Gasteiger partial charge on any atom is 0.0839 e. The van der Waals surface area contributed by atoms with Crippen molar-refractivity contribution in [1.29, 1.82) is 0 Å². The number of fused-ring (bicyclic) bond motifs is 1. The summed E-state index contributed by atoms with van der Waals surface area (Å²) < 4.78 is 0. The van der Waals surface area contributed by atoms with Crippen molar-refractivity contribution in [3.05, 3.63) is 42.0 Å². The SMILES string of the molecule is Nc1ccc(C#CCCl)c2ccccc12. The van der Waals surface area contributed by atoms with Gasteiger partial charge in [0.2, 0.25) is 0 Å². The van der Waals surface area contributed by atoms with Crippen LogP contribution in [0.4, 0.5) is 5.69 Å². The summed E-state index contributed by atoms with van der Waals surface area (Å²) in [5.41, 5.74) is 7.63. The number of halogens is 1. The zero-order valence-electron chi connectivity index (χ0n) is 8.13. The van der Waals surface area contributed by atoms with Gasteiger partial charge in [-0.05, 0) is 17.5 Å². The molecule has 0 aromatic heterocycles. The Morgan fingerprint density at radius 2 is 1.80 bits per heavy atom. The van der Waals surface area contributed by atoms with Gasteiger partial charge >= 0.3 is 0 Å². The lowest BCUT2D eigenvalue weighted by molar-refractivity contribution is 1.68. The zero-order chi connectivity index (χ0) is 10.7. The number of nitrogen functional groups attached to an aromatic ring is 1. The summed E-state index contributed by atoms with van der Waals surface area (Å²) in [6.07, 6.45) is 0. The standard InChI is InChI=1S/C13H10ClN/c14-9-3-4-10-7-8-13(15)12-6-2-1-5-11(10)12/h1-2,5-8H,9,15H2. The molecule has 0 amide bonds.